The van der Waals surface area contributed by atoms with Crippen LogP contribution in [0.2, 0.25) is 0 Å². The van der Waals surface area contributed by atoms with Gasteiger partial charge in [0, 0.05) is 6.21 Å². The van der Waals surface area contributed by atoms with E-state index in [2.05, 4.69) is 65.7 Å². The first-order valence-corrected chi connectivity index (χ1v) is 9.62. The predicted molar refractivity (Wildman–Crippen MR) is 120 cm³/mol. The zero-order chi connectivity index (χ0) is 19.3. The molecule has 0 unspecified atom stereocenters. The van der Waals surface area contributed by atoms with Gasteiger partial charge in [0.2, 0.25) is 0 Å². The number of hydrogen-bond donors (Lipinski definition) is 0. The van der Waals surface area contributed by atoms with E-state index < -0.39 is 0 Å². The van der Waals surface area contributed by atoms with Crippen molar-refractivity contribution in [1.29, 1.82) is 0 Å². The number of aliphatic imine (C=N–C) groups is 1. The number of nitrogens with zero attached hydrogens (tertiary/aromatic N) is 1. The lowest BCUT2D eigenvalue weighted by Gasteiger charge is -2.01. The van der Waals surface area contributed by atoms with Crippen LogP contribution in [-0.4, -0.2) is 6.21 Å². The van der Waals surface area contributed by atoms with E-state index in [0.29, 0.717) is 0 Å². The molecular weight excluding hydrogens is 338 g/mol. The maximum atomic E-state index is 4.35. The van der Waals surface area contributed by atoms with Crippen molar-refractivity contribution in [2.45, 2.75) is 12.8 Å². The molecule has 1 heteroatoms. The van der Waals surface area contributed by atoms with E-state index in [1.165, 1.54) is 11.1 Å². The first-order chi connectivity index (χ1) is 13.9. The van der Waals surface area contributed by atoms with E-state index in [9.17, 15) is 0 Å². The summed E-state index contributed by atoms with van der Waals surface area (Å²) in [6, 6.07) is 41.3. The Balaban J connectivity index is 0.000000161. The minimum absolute atomic E-state index is 0.983. The molecule has 0 N–H and O–H groups in total. The van der Waals surface area contributed by atoms with Crippen LogP contribution in [0.25, 0.3) is 0 Å². The van der Waals surface area contributed by atoms with Gasteiger partial charge in [0.15, 0.2) is 0 Å². The van der Waals surface area contributed by atoms with Crippen LogP contribution in [-0.2, 0) is 12.8 Å². The van der Waals surface area contributed by atoms with Crippen molar-refractivity contribution < 1.29 is 0 Å². The summed E-state index contributed by atoms with van der Waals surface area (Å²) in [5.41, 5.74) is 4.93. The number of benzene rings is 4. The fourth-order valence-corrected chi connectivity index (χ4v) is 2.78. The highest BCUT2D eigenvalue weighted by Gasteiger charge is 1.93. The molecule has 1 nitrogen and oxygen atoms in total. The maximum Gasteiger partial charge on any atom is 0.0629 e. The third kappa shape index (κ3) is 7.05. The molecule has 0 aliphatic carbocycles. The summed E-state index contributed by atoms with van der Waals surface area (Å²) in [4.78, 5) is 4.35. The molecule has 4 aromatic carbocycles. The zero-order valence-electron chi connectivity index (χ0n) is 16.0. The second-order valence-corrected chi connectivity index (χ2v) is 6.48. The molecule has 0 spiro atoms. The van der Waals surface area contributed by atoms with Gasteiger partial charge in [-0.2, -0.15) is 0 Å². The third-order valence-electron chi connectivity index (χ3n) is 4.31. The molecule has 0 atom stereocenters. The van der Waals surface area contributed by atoms with Gasteiger partial charge in [-0.25, -0.2) is 0 Å². The molecule has 0 bridgehead atoms. The standard InChI is InChI=1S/C14H14.C13H11N/c1-3-7-13(8-4-1)11-12-14-9-5-2-6-10-14;1-3-7-12(8-4-1)11-14-13-9-5-2-6-10-13/h1-10H,11-12H2;1-11H. The summed E-state index contributed by atoms with van der Waals surface area (Å²) in [6.07, 6.45) is 4.13. The van der Waals surface area contributed by atoms with Gasteiger partial charge in [-0.3, -0.25) is 4.99 Å². The average molecular weight is 364 g/mol. The summed E-state index contributed by atoms with van der Waals surface area (Å²) in [7, 11) is 0. The molecule has 0 aliphatic rings. The summed E-state index contributed by atoms with van der Waals surface area (Å²) >= 11 is 0. The average Bonchev–Trinajstić information content (AvgIpc) is 2.80. The highest BCUT2D eigenvalue weighted by atomic mass is 14.7. The lowest BCUT2D eigenvalue weighted by molar-refractivity contribution is 0.960. The smallest absolute Gasteiger partial charge is 0.0629 e. The Kier molecular flexibility index (Phi) is 7.80. The van der Waals surface area contributed by atoms with E-state index in [4.69, 9.17) is 0 Å². The van der Waals surface area contributed by atoms with Crippen molar-refractivity contribution in [2.24, 2.45) is 4.99 Å². The van der Waals surface area contributed by atoms with Crippen LogP contribution >= 0.6 is 0 Å². The first-order valence-electron chi connectivity index (χ1n) is 9.62. The van der Waals surface area contributed by atoms with Crippen LogP contribution in [0.3, 0.4) is 0 Å². The van der Waals surface area contributed by atoms with Gasteiger partial charge in [-0.15, -0.1) is 0 Å². The van der Waals surface area contributed by atoms with Crippen molar-refractivity contribution in [2.75, 3.05) is 0 Å². The van der Waals surface area contributed by atoms with Gasteiger partial charge in [-0.05, 0) is 41.7 Å². The second kappa shape index (κ2) is 11.3. The van der Waals surface area contributed by atoms with Crippen molar-refractivity contribution >= 4 is 11.9 Å². The highest BCUT2D eigenvalue weighted by molar-refractivity contribution is 5.81. The molecule has 0 aliphatic heterocycles. The largest absolute Gasteiger partial charge is 0.256 e. The Morgan fingerprint density at radius 1 is 0.464 bits per heavy atom. The van der Waals surface area contributed by atoms with Gasteiger partial charge < -0.3 is 0 Å². The van der Waals surface area contributed by atoms with Gasteiger partial charge >= 0.3 is 0 Å². The van der Waals surface area contributed by atoms with Gasteiger partial charge in [0.25, 0.3) is 0 Å². The maximum absolute atomic E-state index is 4.35. The fourth-order valence-electron chi connectivity index (χ4n) is 2.78. The molecule has 0 fully saturated rings. The predicted octanol–water partition coefficient (Wildman–Crippen LogP) is 6.91. The molecule has 138 valence electrons. The monoisotopic (exact) mass is 363 g/mol. The molecule has 0 saturated heterocycles. The molecule has 0 amide bonds. The van der Waals surface area contributed by atoms with E-state index in [0.717, 1.165) is 24.1 Å². The van der Waals surface area contributed by atoms with E-state index in [1.807, 2.05) is 66.9 Å². The van der Waals surface area contributed by atoms with Crippen molar-refractivity contribution in [3.63, 3.8) is 0 Å². The quantitative estimate of drug-likeness (QED) is 0.342. The summed E-state index contributed by atoms with van der Waals surface area (Å²) in [6.45, 7) is 0. The highest BCUT2D eigenvalue weighted by Crippen LogP contribution is 2.09. The second-order valence-electron chi connectivity index (χ2n) is 6.48. The number of aryl methyl sites for hydroxylation is 2. The fraction of sp³-hybridized carbons (Fsp3) is 0.0741. The van der Waals surface area contributed by atoms with E-state index in [-0.39, 0.29) is 0 Å². The van der Waals surface area contributed by atoms with Crippen LogP contribution in [0.1, 0.15) is 16.7 Å². The lowest BCUT2D eigenvalue weighted by Crippen LogP contribution is -1.89. The molecule has 0 aromatic heterocycles. The van der Waals surface area contributed by atoms with Crippen LogP contribution in [0.5, 0.6) is 0 Å². The minimum Gasteiger partial charge on any atom is -0.256 e. The zero-order valence-corrected chi connectivity index (χ0v) is 16.0. The van der Waals surface area contributed by atoms with Crippen LogP contribution in [0, 0.1) is 0 Å². The summed E-state index contributed by atoms with van der Waals surface area (Å²) < 4.78 is 0. The van der Waals surface area contributed by atoms with Crippen LogP contribution in [0.4, 0.5) is 5.69 Å². The Morgan fingerprint density at radius 3 is 1.32 bits per heavy atom. The Hall–Kier alpha value is -3.45. The number of hydrogen-bond acceptors (Lipinski definition) is 1. The Bertz CT molecular complexity index is 849. The molecule has 4 rings (SSSR count). The van der Waals surface area contributed by atoms with Gasteiger partial charge in [-0.1, -0.05) is 109 Å². The number of rotatable bonds is 5. The SMILES string of the molecule is C(=Nc1ccccc1)c1ccccc1.c1ccc(CCc2ccccc2)cc1. The van der Waals surface area contributed by atoms with E-state index >= 15 is 0 Å². The van der Waals surface area contributed by atoms with Gasteiger partial charge in [0.05, 0.1) is 5.69 Å². The molecule has 4 aromatic rings. The van der Waals surface area contributed by atoms with Crippen molar-refractivity contribution in [3.05, 3.63) is 138 Å². The number of para-hydroxylation sites is 1. The minimum atomic E-state index is 0.983. The molecule has 0 heterocycles. The van der Waals surface area contributed by atoms with Crippen molar-refractivity contribution in [3.8, 4) is 0 Å². The van der Waals surface area contributed by atoms with Crippen molar-refractivity contribution in [1.82, 2.24) is 0 Å². The molecule has 0 saturated carbocycles. The molecule has 0 radical (unpaired) electrons. The molecular formula is C27H25N. The Morgan fingerprint density at radius 2 is 0.857 bits per heavy atom. The topological polar surface area (TPSA) is 12.4 Å². The summed E-state index contributed by atoms with van der Waals surface area (Å²) in [5, 5.41) is 0. The summed E-state index contributed by atoms with van der Waals surface area (Å²) in [5.74, 6) is 0. The Labute approximate surface area is 168 Å². The lowest BCUT2D eigenvalue weighted by atomic mass is 10.0. The third-order valence-corrected chi connectivity index (χ3v) is 4.31. The van der Waals surface area contributed by atoms with Gasteiger partial charge in [0.1, 0.15) is 0 Å². The first kappa shape index (κ1) is 19.3. The van der Waals surface area contributed by atoms with Crippen LogP contribution < -0.4 is 0 Å². The normalized spacial score (nSPS) is 10.3. The van der Waals surface area contributed by atoms with E-state index in [1.54, 1.807) is 0 Å². The van der Waals surface area contributed by atoms with Crippen LogP contribution in [0.15, 0.2) is 126 Å². The molecule has 28 heavy (non-hydrogen) atoms.